The molecule has 4 nitrogen and oxygen atoms in total. The maximum absolute atomic E-state index is 12.6. The van der Waals surface area contributed by atoms with Crippen LogP contribution >= 0.6 is 11.6 Å². The Morgan fingerprint density at radius 3 is 2.83 bits per heavy atom. The number of nitrogens with zero attached hydrogens (tertiary/aromatic N) is 3. The van der Waals surface area contributed by atoms with Crippen LogP contribution in [0.4, 0.5) is 19.0 Å². The van der Waals surface area contributed by atoms with E-state index in [9.17, 15) is 13.2 Å². The molecule has 0 fully saturated rings. The van der Waals surface area contributed by atoms with Crippen molar-refractivity contribution >= 4 is 17.4 Å². The third kappa shape index (κ3) is 3.50. The summed E-state index contributed by atoms with van der Waals surface area (Å²) in [6.45, 7) is 3.50. The Kier molecular flexibility index (Phi) is 4.71. The van der Waals surface area contributed by atoms with Crippen molar-refractivity contribution in [2.45, 2.75) is 45.3 Å². The fraction of sp³-hybridized carbons (Fsp3) is 0.500. The van der Waals surface area contributed by atoms with Gasteiger partial charge in [0.25, 0.3) is 0 Å². The van der Waals surface area contributed by atoms with Gasteiger partial charge in [-0.05, 0) is 25.8 Å². The van der Waals surface area contributed by atoms with Crippen LogP contribution in [0.5, 0.6) is 0 Å². The lowest BCUT2D eigenvalue weighted by molar-refractivity contribution is -0.137. The van der Waals surface area contributed by atoms with E-state index in [0.29, 0.717) is 6.54 Å². The molecule has 0 radical (unpaired) electrons. The summed E-state index contributed by atoms with van der Waals surface area (Å²) in [4.78, 5) is 8.39. The summed E-state index contributed by atoms with van der Waals surface area (Å²) in [5, 5.41) is 2.98. The molecule has 3 heterocycles. The van der Waals surface area contributed by atoms with E-state index in [1.165, 1.54) is 12.1 Å². The minimum atomic E-state index is -4.44. The van der Waals surface area contributed by atoms with Gasteiger partial charge < -0.3 is 9.88 Å². The molecule has 0 spiro atoms. The third-order valence-electron chi connectivity index (χ3n) is 4.21. The fourth-order valence-electron chi connectivity index (χ4n) is 3.02. The molecule has 0 bridgehead atoms. The number of pyridine rings is 1. The van der Waals surface area contributed by atoms with Crippen LogP contribution in [0.3, 0.4) is 0 Å². The van der Waals surface area contributed by atoms with Gasteiger partial charge in [-0.1, -0.05) is 11.6 Å². The van der Waals surface area contributed by atoms with Crippen LogP contribution in [-0.4, -0.2) is 21.1 Å². The average molecular weight is 359 g/mol. The largest absolute Gasteiger partial charge is 0.417 e. The highest BCUT2D eigenvalue weighted by Crippen LogP contribution is 2.32. The number of halogens is 4. The minimum Gasteiger partial charge on any atom is -0.368 e. The fourth-order valence-corrected chi connectivity index (χ4v) is 3.25. The van der Waals surface area contributed by atoms with Gasteiger partial charge in [0.05, 0.1) is 16.3 Å². The number of nitrogens with one attached hydrogen (secondary N) is 1. The molecular formula is C16H18ClF3N4. The van der Waals surface area contributed by atoms with Crippen molar-refractivity contribution in [3.63, 3.8) is 0 Å². The van der Waals surface area contributed by atoms with Crippen molar-refractivity contribution in [3.05, 3.63) is 40.1 Å². The molecule has 3 rings (SSSR count). The van der Waals surface area contributed by atoms with E-state index in [4.69, 9.17) is 11.6 Å². The molecule has 2 aromatic heterocycles. The Bertz CT molecular complexity index is 740. The summed E-state index contributed by atoms with van der Waals surface area (Å²) in [6, 6.07) is 0.892. The predicted molar refractivity (Wildman–Crippen MR) is 86.3 cm³/mol. The number of anilines is 1. The monoisotopic (exact) mass is 358 g/mol. The van der Waals surface area contributed by atoms with Crippen molar-refractivity contribution in [2.24, 2.45) is 0 Å². The molecule has 24 heavy (non-hydrogen) atoms. The highest BCUT2D eigenvalue weighted by atomic mass is 35.5. The number of aromatic nitrogens is 3. The second kappa shape index (κ2) is 6.63. The van der Waals surface area contributed by atoms with E-state index >= 15 is 0 Å². The maximum atomic E-state index is 12.6. The zero-order valence-electron chi connectivity index (χ0n) is 13.3. The van der Waals surface area contributed by atoms with Crippen LogP contribution in [0.2, 0.25) is 5.02 Å². The van der Waals surface area contributed by atoms with Crippen LogP contribution in [0, 0.1) is 6.92 Å². The molecule has 0 saturated heterocycles. The SMILES string of the molecule is Cc1nc2n(c1CCNc1ncc(C(F)(F)F)cc1Cl)CCCC2. The van der Waals surface area contributed by atoms with Crippen LogP contribution in [-0.2, 0) is 25.6 Å². The summed E-state index contributed by atoms with van der Waals surface area (Å²) in [5.41, 5.74) is 1.33. The Labute approximate surface area is 143 Å². The predicted octanol–water partition coefficient (Wildman–Crippen LogP) is 4.25. The zero-order chi connectivity index (χ0) is 17.3. The normalized spacial score (nSPS) is 14.5. The Morgan fingerprint density at radius 2 is 2.12 bits per heavy atom. The first-order valence-electron chi connectivity index (χ1n) is 7.88. The molecule has 0 saturated carbocycles. The van der Waals surface area contributed by atoms with Gasteiger partial charge in [0.1, 0.15) is 11.6 Å². The van der Waals surface area contributed by atoms with Crippen molar-refractivity contribution < 1.29 is 13.2 Å². The molecule has 0 aromatic carbocycles. The lowest BCUT2D eigenvalue weighted by Crippen LogP contribution is -2.16. The molecule has 130 valence electrons. The highest BCUT2D eigenvalue weighted by Gasteiger charge is 2.31. The van der Waals surface area contributed by atoms with E-state index in [2.05, 4.69) is 19.9 Å². The molecule has 1 N–H and O–H groups in total. The molecule has 0 unspecified atom stereocenters. The van der Waals surface area contributed by atoms with E-state index in [-0.39, 0.29) is 10.8 Å². The standard InChI is InChI=1S/C16H18ClF3N4/c1-10-13(24-7-3-2-4-14(24)23-10)5-6-21-15-12(17)8-11(9-22-15)16(18,19)20/h8-9H,2-7H2,1H3,(H,21,22). The number of hydrogen-bond donors (Lipinski definition) is 1. The Balaban J connectivity index is 1.66. The van der Waals surface area contributed by atoms with Gasteiger partial charge in [-0.2, -0.15) is 13.2 Å². The lowest BCUT2D eigenvalue weighted by atomic mass is 10.1. The number of aryl methyl sites for hydroxylation is 2. The van der Waals surface area contributed by atoms with Crippen molar-refractivity contribution in [1.82, 2.24) is 14.5 Å². The van der Waals surface area contributed by atoms with Crippen LogP contribution in [0.15, 0.2) is 12.3 Å². The summed E-state index contributed by atoms with van der Waals surface area (Å²) in [7, 11) is 0. The van der Waals surface area contributed by atoms with E-state index in [0.717, 1.165) is 49.6 Å². The van der Waals surface area contributed by atoms with E-state index < -0.39 is 11.7 Å². The average Bonchev–Trinajstić information content (AvgIpc) is 2.84. The smallest absolute Gasteiger partial charge is 0.368 e. The summed E-state index contributed by atoms with van der Waals surface area (Å²) < 4.78 is 40.1. The lowest BCUT2D eigenvalue weighted by Gasteiger charge is -2.17. The van der Waals surface area contributed by atoms with Crippen LogP contribution < -0.4 is 5.32 Å². The first-order valence-corrected chi connectivity index (χ1v) is 8.25. The quantitative estimate of drug-likeness (QED) is 0.888. The van der Waals surface area contributed by atoms with Gasteiger partial charge >= 0.3 is 6.18 Å². The van der Waals surface area contributed by atoms with E-state index in [1.807, 2.05) is 6.92 Å². The summed E-state index contributed by atoms with van der Waals surface area (Å²) in [5.74, 6) is 1.39. The summed E-state index contributed by atoms with van der Waals surface area (Å²) >= 11 is 5.90. The number of alkyl halides is 3. The first kappa shape index (κ1) is 17.1. The van der Waals surface area contributed by atoms with Gasteiger partial charge in [0.15, 0.2) is 0 Å². The molecule has 0 amide bonds. The van der Waals surface area contributed by atoms with Gasteiger partial charge in [-0.3, -0.25) is 0 Å². The summed E-state index contributed by atoms with van der Waals surface area (Å²) in [6.07, 6.45) is 0.385. The highest BCUT2D eigenvalue weighted by molar-refractivity contribution is 6.32. The minimum absolute atomic E-state index is 0.0307. The maximum Gasteiger partial charge on any atom is 0.417 e. The van der Waals surface area contributed by atoms with Crippen molar-refractivity contribution in [1.29, 1.82) is 0 Å². The number of hydrogen-bond acceptors (Lipinski definition) is 3. The topological polar surface area (TPSA) is 42.7 Å². The first-order chi connectivity index (χ1) is 11.4. The molecule has 0 aliphatic carbocycles. The molecule has 8 heteroatoms. The van der Waals surface area contributed by atoms with Crippen molar-refractivity contribution in [2.75, 3.05) is 11.9 Å². The van der Waals surface area contributed by atoms with Gasteiger partial charge in [-0.25, -0.2) is 9.97 Å². The van der Waals surface area contributed by atoms with Gasteiger partial charge in [0, 0.05) is 37.8 Å². The second-order valence-corrected chi connectivity index (χ2v) is 6.31. The molecule has 0 atom stereocenters. The number of rotatable bonds is 4. The van der Waals surface area contributed by atoms with Crippen LogP contribution in [0.25, 0.3) is 0 Å². The molecule has 1 aliphatic heterocycles. The van der Waals surface area contributed by atoms with Crippen LogP contribution in [0.1, 0.15) is 35.6 Å². The number of imidazole rings is 1. The Hall–Kier alpha value is -1.76. The molecular weight excluding hydrogens is 341 g/mol. The number of fused-ring (bicyclic) bond motifs is 1. The van der Waals surface area contributed by atoms with Crippen molar-refractivity contribution in [3.8, 4) is 0 Å². The second-order valence-electron chi connectivity index (χ2n) is 5.90. The van der Waals surface area contributed by atoms with E-state index in [1.54, 1.807) is 0 Å². The molecule has 1 aliphatic rings. The van der Waals surface area contributed by atoms with Gasteiger partial charge in [0.2, 0.25) is 0 Å². The third-order valence-corrected chi connectivity index (χ3v) is 4.49. The zero-order valence-corrected chi connectivity index (χ0v) is 14.0. The van der Waals surface area contributed by atoms with Gasteiger partial charge in [-0.15, -0.1) is 0 Å². The molecule has 2 aromatic rings. The Morgan fingerprint density at radius 1 is 1.33 bits per heavy atom.